The molecule has 3 N–H and O–H groups in total. The number of amides is 2. The van der Waals surface area contributed by atoms with Crippen molar-refractivity contribution in [2.45, 2.75) is 56.8 Å². The van der Waals surface area contributed by atoms with Gasteiger partial charge in [0.15, 0.2) is 0 Å². The van der Waals surface area contributed by atoms with Gasteiger partial charge in [0.05, 0.1) is 31.0 Å². The Kier molecular flexibility index (Phi) is 5.38. The molecule has 2 atom stereocenters. The van der Waals surface area contributed by atoms with Crippen molar-refractivity contribution in [2.75, 3.05) is 11.9 Å². The average molecular weight is 449 g/mol. The van der Waals surface area contributed by atoms with Crippen LogP contribution in [0.5, 0.6) is 0 Å². The zero-order valence-electron chi connectivity index (χ0n) is 17.3. The Labute approximate surface area is 182 Å². The fraction of sp³-hybridized carbons (Fsp3) is 0.476. The van der Waals surface area contributed by atoms with Crippen molar-refractivity contribution < 1.29 is 28.2 Å². The van der Waals surface area contributed by atoms with Crippen LogP contribution in [0.4, 0.5) is 29.3 Å². The molecule has 11 heteroatoms. The summed E-state index contributed by atoms with van der Waals surface area (Å²) in [6, 6.07) is 2.68. The fourth-order valence-corrected chi connectivity index (χ4v) is 4.34. The van der Waals surface area contributed by atoms with E-state index in [0.717, 1.165) is 6.07 Å². The fourth-order valence-electron chi connectivity index (χ4n) is 4.34. The first kappa shape index (κ1) is 22.1. The number of aromatic nitrogens is 2. The highest BCUT2D eigenvalue weighted by molar-refractivity contribution is 5.90. The summed E-state index contributed by atoms with van der Waals surface area (Å²) in [6.45, 7) is 7.87. The van der Waals surface area contributed by atoms with E-state index < -0.39 is 36.4 Å². The second-order valence-electron chi connectivity index (χ2n) is 8.40. The van der Waals surface area contributed by atoms with Crippen LogP contribution in [-0.2, 0) is 25.4 Å². The number of aliphatic hydroxyl groups excluding tert-OH is 1. The zero-order valence-corrected chi connectivity index (χ0v) is 17.3. The highest BCUT2D eigenvalue weighted by Gasteiger charge is 2.50. The van der Waals surface area contributed by atoms with Crippen molar-refractivity contribution in [3.05, 3.63) is 52.4 Å². The summed E-state index contributed by atoms with van der Waals surface area (Å²) in [7, 11) is 0. The van der Waals surface area contributed by atoms with E-state index in [1.807, 2.05) is 0 Å². The predicted molar refractivity (Wildman–Crippen MR) is 108 cm³/mol. The number of halogens is 3. The lowest BCUT2D eigenvalue weighted by molar-refractivity contribution is -0.112. The maximum absolute atomic E-state index is 15.1. The topological polar surface area (TPSA) is 95.0 Å². The summed E-state index contributed by atoms with van der Waals surface area (Å²) in [5.74, 6) is -4.15. The van der Waals surface area contributed by atoms with Gasteiger partial charge < -0.3 is 20.4 Å². The standard InChI is InChI=1S/C21H22F3N5O3/c1-12-7-16-14(18-21(23,24)10-20(32,11-30)5-6-29(18)27-16)9-28(12)19(31)26-13-3-4-15(22)17(8-13)25-2/h3-4,8,12,30,32H,5-7,9-11H2,1H3,(H,26,31)/t12-,20-/m1/s1. The molecule has 0 aliphatic carbocycles. The highest BCUT2D eigenvalue weighted by Crippen LogP contribution is 2.44. The number of alkyl halides is 2. The maximum atomic E-state index is 15.1. The van der Waals surface area contributed by atoms with Crippen LogP contribution in [0.15, 0.2) is 18.2 Å². The Morgan fingerprint density at radius 1 is 1.44 bits per heavy atom. The quantitative estimate of drug-likeness (QED) is 0.614. The van der Waals surface area contributed by atoms with E-state index in [2.05, 4.69) is 15.3 Å². The highest BCUT2D eigenvalue weighted by atomic mass is 19.3. The second-order valence-corrected chi connectivity index (χ2v) is 8.40. The Morgan fingerprint density at radius 2 is 2.19 bits per heavy atom. The molecular weight excluding hydrogens is 427 g/mol. The second kappa shape index (κ2) is 7.79. The van der Waals surface area contributed by atoms with Gasteiger partial charge in [-0.1, -0.05) is 0 Å². The van der Waals surface area contributed by atoms with E-state index in [4.69, 9.17) is 6.57 Å². The van der Waals surface area contributed by atoms with Gasteiger partial charge in [-0.25, -0.2) is 14.0 Å². The Hall–Kier alpha value is -3.10. The number of carbonyl (C=O) groups excluding carboxylic acids is 1. The normalized spacial score (nSPS) is 24.2. The molecule has 1 aromatic carbocycles. The van der Waals surface area contributed by atoms with Crippen molar-refractivity contribution >= 4 is 17.4 Å². The van der Waals surface area contributed by atoms with Gasteiger partial charge in [-0.05, 0) is 31.5 Å². The third-order valence-electron chi connectivity index (χ3n) is 6.04. The molecule has 8 nitrogen and oxygen atoms in total. The van der Waals surface area contributed by atoms with Crippen LogP contribution >= 0.6 is 0 Å². The van der Waals surface area contributed by atoms with E-state index in [1.165, 1.54) is 21.7 Å². The summed E-state index contributed by atoms with van der Waals surface area (Å²) < 4.78 is 45.0. The number of nitrogens with zero attached hydrogens (tertiary/aromatic N) is 4. The SMILES string of the molecule is [C-]#[N+]c1cc(NC(=O)N2Cc3c(nn4c3C(F)(F)C[C@@](O)(CO)CC4)C[C@H]2C)ccc1F. The Morgan fingerprint density at radius 3 is 2.88 bits per heavy atom. The van der Waals surface area contributed by atoms with Crippen molar-refractivity contribution in [1.82, 2.24) is 14.7 Å². The van der Waals surface area contributed by atoms with Gasteiger partial charge >= 0.3 is 6.03 Å². The molecule has 32 heavy (non-hydrogen) atoms. The van der Waals surface area contributed by atoms with Crippen molar-refractivity contribution in [2.24, 2.45) is 0 Å². The molecular formula is C21H22F3N5O3. The van der Waals surface area contributed by atoms with E-state index in [9.17, 15) is 19.4 Å². The van der Waals surface area contributed by atoms with Crippen LogP contribution in [0.1, 0.15) is 36.7 Å². The van der Waals surface area contributed by atoms with E-state index in [-0.39, 0.29) is 54.6 Å². The zero-order chi connectivity index (χ0) is 23.3. The number of anilines is 1. The maximum Gasteiger partial charge on any atom is 0.322 e. The van der Waals surface area contributed by atoms with Crippen molar-refractivity contribution in [3.63, 3.8) is 0 Å². The van der Waals surface area contributed by atoms with Crippen LogP contribution in [0.25, 0.3) is 4.85 Å². The van der Waals surface area contributed by atoms with Crippen LogP contribution in [-0.4, -0.2) is 49.2 Å². The van der Waals surface area contributed by atoms with Crippen molar-refractivity contribution in [1.29, 1.82) is 0 Å². The number of urea groups is 1. The van der Waals surface area contributed by atoms with Crippen LogP contribution in [0.2, 0.25) is 0 Å². The molecule has 2 aliphatic rings. The minimum atomic E-state index is -3.45. The number of nitrogens with one attached hydrogen (secondary N) is 1. The summed E-state index contributed by atoms with van der Waals surface area (Å²) in [6.07, 6.45) is -0.745. The van der Waals surface area contributed by atoms with Gasteiger partial charge in [-0.3, -0.25) is 4.68 Å². The minimum Gasteiger partial charge on any atom is -0.393 e. The molecule has 0 bridgehead atoms. The first-order valence-corrected chi connectivity index (χ1v) is 10.1. The number of hydrogen-bond acceptors (Lipinski definition) is 4. The third-order valence-corrected chi connectivity index (χ3v) is 6.04. The number of hydrogen-bond donors (Lipinski definition) is 3. The largest absolute Gasteiger partial charge is 0.393 e. The Balaban J connectivity index is 1.62. The molecule has 3 heterocycles. The number of aliphatic hydroxyl groups is 2. The van der Waals surface area contributed by atoms with Gasteiger partial charge in [0.2, 0.25) is 5.69 Å². The molecule has 1 aromatic heterocycles. The van der Waals surface area contributed by atoms with Crippen LogP contribution < -0.4 is 5.32 Å². The smallest absolute Gasteiger partial charge is 0.322 e. The Bertz CT molecular complexity index is 1110. The third kappa shape index (κ3) is 3.80. The molecule has 0 unspecified atom stereocenters. The van der Waals surface area contributed by atoms with Gasteiger partial charge in [0.25, 0.3) is 5.92 Å². The van der Waals surface area contributed by atoms with Crippen molar-refractivity contribution in [3.8, 4) is 0 Å². The lowest BCUT2D eigenvalue weighted by Crippen LogP contribution is -2.45. The number of carbonyl (C=O) groups is 1. The predicted octanol–water partition coefficient (Wildman–Crippen LogP) is 3.16. The van der Waals surface area contributed by atoms with Gasteiger partial charge in [0.1, 0.15) is 11.5 Å². The molecule has 2 aliphatic heterocycles. The molecule has 2 aromatic rings. The molecule has 4 rings (SSSR count). The number of benzene rings is 1. The van der Waals surface area contributed by atoms with E-state index in [1.54, 1.807) is 6.92 Å². The van der Waals surface area contributed by atoms with Crippen LogP contribution in [0.3, 0.4) is 0 Å². The molecule has 170 valence electrons. The van der Waals surface area contributed by atoms with Gasteiger partial charge in [-0.2, -0.15) is 13.9 Å². The van der Waals surface area contributed by atoms with Crippen LogP contribution in [0, 0.1) is 12.4 Å². The van der Waals surface area contributed by atoms with E-state index in [0.29, 0.717) is 5.69 Å². The lowest BCUT2D eigenvalue weighted by Gasteiger charge is -2.34. The summed E-state index contributed by atoms with van der Waals surface area (Å²) in [4.78, 5) is 17.3. The summed E-state index contributed by atoms with van der Waals surface area (Å²) in [5.41, 5.74) is -1.59. The number of aryl methyl sites for hydroxylation is 1. The lowest BCUT2D eigenvalue weighted by atomic mass is 9.90. The molecule has 0 saturated carbocycles. The first-order valence-electron chi connectivity index (χ1n) is 10.1. The minimum absolute atomic E-state index is 0.0184. The van der Waals surface area contributed by atoms with Gasteiger partial charge in [0, 0.05) is 36.7 Å². The molecule has 0 saturated heterocycles. The molecule has 2 amide bonds. The molecule has 0 fully saturated rings. The summed E-state index contributed by atoms with van der Waals surface area (Å²) in [5, 5.41) is 26.6. The molecule has 0 spiro atoms. The van der Waals surface area contributed by atoms with E-state index >= 15 is 8.78 Å². The number of rotatable bonds is 2. The molecule has 0 radical (unpaired) electrons. The summed E-state index contributed by atoms with van der Waals surface area (Å²) >= 11 is 0. The average Bonchev–Trinajstić information content (AvgIpc) is 3.06. The number of fused-ring (bicyclic) bond motifs is 3. The monoisotopic (exact) mass is 449 g/mol. The van der Waals surface area contributed by atoms with Gasteiger partial charge in [-0.15, -0.1) is 0 Å². The first-order chi connectivity index (χ1) is 15.1.